The number of amides is 1. The van der Waals surface area contributed by atoms with E-state index in [9.17, 15) is 4.79 Å². The largest absolute Gasteiger partial charge is 0.383 e. The highest BCUT2D eigenvalue weighted by Crippen LogP contribution is 2.33. The third-order valence-electron chi connectivity index (χ3n) is 4.45. The first-order chi connectivity index (χ1) is 11.0. The minimum Gasteiger partial charge on any atom is -0.383 e. The van der Waals surface area contributed by atoms with Crippen molar-refractivity contribution in [3.63, 3.8) is 0 Å². The molecular formula is C16H31N5O2. The summed E-state index contributed by atoms with van der Waals surface area (Å²) in [5.41, 5.74) is 0. The highest BCUT2D eigenvalue weighted by molar-refractivity contribution is 5.85. The van der Waals surface area contributed by atoms with Gasteiger partial charge in [-0.05, 0) is 26.2 Å². The first-order valence-electron chi connectivity index (χ1n) is 8.51. The van der Waals surface area contributed by atoms with E-state index in [1.165, 1.54) is 12.8 Å². The molecule has 0 aromatic rings. The second kappa shape index (κ2) is 8.49. The number of rotatable bonds is 7. The van der Waals surface area contributed by atoms with Gasteiger partial charge in [0.15, 0.2) is 5.96 Å². The van der Waals surface area contributed by atoms with E-state index in [0.29, 0.717) is 31.2 Å². The van der Waals surface area contributed by atoms with Gasteiger partial charge in [0.25, 0.3) is 0 Å². The number of hydrogen-bond acceptors (Lipinski definition) is 4. The second-order valence-electron chi connectivity index (χ2n) is 6.73. The number of hydrogen-bond donors (Lipinski definition) is 2. The maximum atomic E-state index is 11.7. The van der Waals surface area contributed by atoms with E-state index in [0.717, 1.165) is 19.0 Å². The van der Waals surface area contributed by atoms with E-state index in [-0.39, 0.29) is 12.5 Å². The Morgan fingerprint density at radius 2 is 2.13 bits per heavy atom. The van der Waals surface area contributed by atoms with Crippen LogP contribution in [0.3, 0.4) is 0 Å². The molecule has 0 spiro atoms. The zero-order valence-electron chi connectivity index (χ0n) is 14.8. The van der Waals surface area contributed by atoms with Gasteiger partial charge in [-0.3, -0.25) is 9.69 Å². The Balaban J connectivity index is 1.88. The highest BCUT2D eigenvalue weighted by Gasteiger charge is 2.38. The van der Waals surface area contributed by atoms with Crippen molar-refractivity contribution in [2.75, 3.05) is 47.4 Å². The molecule has 0 bridgehead atoms. The monoisotopic (exact) mass is 325 g/mol. The van der Waals surface area contributed by atoms with Crippen LogP contribution in [-0.4, -0.2) is 87.2 Å². The van der Waals surface area contributed by atoms with Gasteiger partial charge in [0.2, 0.25) is 5.91 Å². The molecule has 1 saturated carbocycles. The fourth-order valence-corrected chi connectivity index (χ4v) is 2.98. The van der Waals surface area contributed by atoms with Crippen molar-refractivity contribution in [1.82, 2.24) is 20.4 Å². The molecule has 7 nitrogen and oxygen atoms in total. The zero-order chi connectivity index (χ0) is 16.8. The molecule has 2 unspecified atom stereocenters. The topological polar surface area (TPSA) is 69.2 Å². The predicted octanol–water partition coefficient (Wildman–Crippen LogP) is -0.119. The van der Waals surface area contributed by atoms with Gasteiger partial charge < -0.3 is 20.3 Å². The summed E-state index contributed by atoms with van der Waals surface area (Å²) in [5, 5.41) is 6.72. The van der Waals surface area contributed by atoms with Crippen LogP contribution >= 0.6 is 0 Å². The molecule has 1 amide bonds. The SMILES string of the molecule is COCCNC(=NCC(=O)N(C)C)NC1CC(C)N(C2CC2)C1. The minimum absolute atomic E-state index is 0.00256. The number of nitrogens with one attached hydrogen (secondary N) is 2. The van der Waals surface area contributed by atoms with E-state index >= 15 is 0 Å². The van der Waals surface area contributed by atoms with Gasteiger partial charge in [0.05, 0.1) is 6.61 Å². The van der Waals surface area contributed by atoms with Gasteiger partial charge in [-0.15, -0.1) is 0 Å². The van der Waals surface area contributed by atoms with Crippen LogP contribution in [0.25, 0.3) is 0 Å². The van der Waals surface area contributed by atoms with Crippen LogP contribution in [-0.2, 0) is 9.53 Å². The lowest BCUT2D eigenvalue weighted by molar-refractivity contribution is -0.127. The van der Waals surface area contributed by atoms with E-state index in [1.54, 1.807) is 26.1 Å². The molecule has 1 saturated heterocycles. The Hall–Kier alpha value is -1.34. The molecule has 0 aromatic heterocycles. The fourth-order valence-electron chi connectivity index (χ4n) is 2.98. The summed E-state index contributed by atoms with van der Waals surface area (Å²) in [7, 11) is 5.17. The summed E-state index contributed by atoms with van der Waals surface area (Å²) in [6.07, 6.45) is 3.78. The number of likely N-dealkylation sites (tertiary alicyclic amines) is 1. The van der Waals surface area contributed by atoms with Crippen molar-refractivity contribution in [3.05, 3.63) is 0 Å². The molecule has 2 atom stereocenters. The van der Waals surface area contributed by atoms with Crippen LogP contribution in [0, 0.1) is 0 Å². The Labute approximate surface area is 139 Å². The third kappa shape index (κ3) is 5.66. The van der Waals surface area contributed by atoms with Crippen LogP contribution in [0.1, 0.15) is 26.2 Å². The zero-order valence-corrected chi connectivity index (χ0v) is 14.8. The van der Waals surface area contributed by atoms with Crippen molar-refractivity contribution in [2.24, 2.45) is 4.99 Å². The van der Waals surface area contributed by atoms with Crippen molar-refractivity contribution < 1.29 is 9.53 Å². The molecule has 2 N–H and O–H groups in total. The smallest absolute Gasteiger partial charge is 0.243 e. The van der Waals surface area contributed by atoms with Gasteiger partial charge in [-0.2, -0.15) is 0 Å². The van der Waals surface area contributed by atoms with Gasteiger partial charge >= 0.3 is 0 Å². The molecule has 1 heterocycles. The molecule has 1 aliphatic carbocycles. The van der Waals surface area contributed by atoms with Crippen molar-refractivity contribution >= 4 is 11.9 Å². The summed E-state index contributed by atoms with van der Waals surface area (Å²) in [4.78, 5) is 20.3. The lowest BCUT2D eigenvalue weighted by Gasteiger charge is -2.20. The summed E-state index contributed by atoms with van der Waals surface area (Å²) in [6.45, 7) is 4.79. The van der Waals surface area contributed by atoms with Gasteiger partial charge in [0, 0.05) is 52.4 Å². The Morgan fingerprint density at radius 3 is 2.74 bits per heavy atom. The average Bonchev–Trinajstić information content (AvgIpc) is 3.28. The fraction of sp³-hybridized carbons (Fsp3) is 0.875. The first-order valence-corrected chi connectivity index (χ1v) is 8.51. The van der Waals surface area contributed by atoms with Crippen LogP contribution < -0.4 is 10.6 Å². The Bertz CT molecular complexity index is 423. The van der Waals surface area contributed by atoms with E-state index in [4.69, 9.17) is 4.74 Å². The number of nitrogens with zero attached hydrogens (tertiary/aromatic N) is 3. The lowest BCUT2D eigenvalue weighted by atomic mass is 10.2. The first kappa shape index (κ1) is 18.0. The van der Waals surface area contributed by atoms with Crippen LogP contribution in [0.15, 0.2) is 4.99 Å². The predicted molar refractivity (Wildman–Crippen MR) is 91.6 cm³/mol. The molecular weight excluding hydrogens is 294 g/mol. The summed E-state index contributed by atoms with van der Waals surface area (Å²) in [6, 6.07) is 1.78. The molecule has 7 heteroatoms. The standard InChI is InChI=1S/C16H31N5O2/c1-12-9-13(11-21(12)14-5-6-14)19-16(17-7-8-23-4)18-10-15(22)20(2)3/h12-14H,5-11H2,1-4H3,(H2,17,18,19). The second-order valence-corrected chi connectivity index (χ2v) is 6.73. The number of carbonyl (C=O) groups is 1. The minimum atomic E-state index is -0.00256. The third-order valence-corrected chi connectivity index (χ3v) is 4.45. The summed E-state index contributed by atoms with van der Waals surface area (Å²) < 4.78 is 5.07. The van der Waals surface area contributed by atoms with E-state index in [1.807, 2.05) is 0 Å². The van der Waals surface area contributed by atoms with E-state index in [2.05, 4.69) is 27.4 Å². The molecule has 23 heavy (non-hydrogen) atoms. The van der Waals surface area contributed by atoms with Gasteiger partial charge in [-0.25, -0.2) is 4.99 Å². The molecule has 2 aliphatic rings. The quantitative estimate of drug-likeness (QED) is 0.388. The van der Waals surface area contributed by atoms with Crippen LogP contribution in [0.4, 0.5) is 0 Å². The van der Waals surface area contributed by atoms with Gasteiger partial charge in [0.1, 0.15) is 6.54 Å². The summed E-state index contributed by atoms with van der Waals surface area (Å²) in [5.74, 6) is 0.698. The van der Waals surface area contributed by atoms with Crippen molar-refractivity contribution in [3.8, 4) is 0 Å². The maximum Gasteiger partial charge on any atom is 0.243 e. The Kier molecular flexibility index (Phi) is 6.65. The number of methoxy groups -OCH3 is 1. The van der Waals surface area contributed by atoms with Crippen molar-refractivity contribution in [1.29, 1.82) is 0 Å². The van der Waals surface area contributed by atoms with Crippen LogP contribution in [0.5, 0.6) is 0 Å². The maximum absolute atomic E-state index is 11.7. The number of ether oxygens (including phenoxy) is 1. The summed E-state index contributed by atoms with van der Waals surface area (Å²) >= 11 is 0. The Morgan fingerprint density at radius 1 is 1.39 bits per heavy atom. The number of carbonyl (C=O) groups excluding carboxylic acids is 1. The highest BCUT2D eigenvalue weighted by atomic mass is 16.5. The molecule has 0 aromatic carbocycles. The van der Waals surface area contributed by atoms with Crippen molar-refractivity contribution in [2.45, 2.75) is 44.3 Å². The molecule has 0 radical (unpaired) electrons. The lowest BCUT2D eigenvalue weighted by Crippen LogP contribution is -2.46. The average molecular weight is 325 g/mol. The number of likely N-dealkylation sites (N-methyl/N-ethyl adjacent to an activating group) is 1. The number of guanidine groups is 1. The molecule has 132 valence electrons. The van der Waals surface area contributed by atoms with Crippen LogP contribution in [0.2, 0.25) is 0 Å². The molecule has 1 aliphatic heterocycles. The van der Waals surface area contributed by atoms with Gasteiger partial charge in [-0.1, -0.05) is 0 Å². The molecule has 2 rings (SSSR count). The van der Waals surface area contributed by atoms with E-state index < -0.39 is 0 Å². The number of aliphatic imine (C=N–C) groups is 1. The molecule has 2 fully saturated rings. The normalized spacial score (nSPS) is 25.5.